The molecule has 0 radical (unpaired) electrons. The summed E-state index contributed by atoms with van der Waals surface area (Å²) >= 11 is 0. The predicted molar refractivity (Wildman–Crippen MR) is 62.4 cm³/mol. The number of ether oxygens (including phenoxy) is 3. The van der Waals surface area contributed by atoms with Crippen LogP contribution in [0.3, 0.4) is 0 Å². The van der Waals surface area contributed by atoms with E-state index < -0.39 is 11.2 Å². The first kappa shape index (κ1) is 12.6. The quantitative estimate of drug-likeness (QED) is 0.547. The molecule has 2 aliphatic rings. The minimum absolute atomic E-state index is 0.187. The highest BCUT2D eigenvalue weighted by atomic mass is 16.7. The zero-order chi connectivity index (χ0) is 12.5. The van der Waals surface area contributed by atoms with Crippen molar-refractivity contribution in [2.45, 2.75) is 38.9 Å². The second-order valence-electron chi connectivity index (χ2n) is 5.16. The fraction of sp³-hybridized carbons (Fsp3) is 0.769. The summed E-state index contributed by atoms with van der Waals surface area (Å²) in [5.74, 6) is -0.608. The number of methoxy groups -OCH3 is 1. The normalized spacial score (nSPS) is 23.6. The van der Waals surface area contributed by atoms with E-state index >= 15 is 0 Å². The average Bonchev–Trinajstić information content (AvgIpc) is 2.77. The molecule has 0 bridgehead atoms. The second-order valence-corrected chi connectivity index (χ2v) is 5.16. The van der Waals surface area contributed by atoms with Gasteiger partial charge in [-0.2, -0.15) is 0 Å². The molecule has 1 spiro atoms. The molecule has 0 saturated carbocycles. The van der Waals surface area contributed by atoms with Crippen LogP contribution < -0.4 is 0 Å². The molecule has 96 valence electrons. The fourth-order valence-corrected chi connectivity index (χ4v) is 2.52. The Morgan fingerprint density at radius 1 is 1.41 bits per heavy atom. The summed E-state index contributed by atoms with van der Waals surface area (Å²) in [6, 6.07) is 0. The number of carbonyl (C=O) groups is 1. The number of carbonyl (C=O) groups excluding carboxylic acids is 1. The predicted octanol–water partition coefficient (Wildman–Crippen LogP) is 2.04. The first-order valence-corrected chi connectivity index (χ1v) is 6.06. The molecule has 0 aromatic carbocycles. The van der Waals surface area contributed by atoms with Crippen molar-refractivity contribution in [3.05, 3.63) is 11.6 Å². The van der Waals surface area contributed by atoms with Crippen molar-refractivity contribution in [3.8, 4) is 0 Å². The molecule has 4 heteroatoms. The Bertz CT molecular complexity index is 337. The van der Waals surface area contributed by atoms with Crippen molar-refractivity contribution in [1.82, 2.24) is 0 Å². The third-order valence-corrected chi connectivity index (χ3v) is 3.75. The van der Waals surface area contributed by atoms with Crippen molar-refractivity contribution < 1.29 is 19.0 Å². The SMILES string of the molecule is COC(=O)C(C)(C)C1=CCC2(CC1)OCCO2. The summed E-state index contributed by atoms with van der Waals surface area (Å²) < 4.78 is 16.1. The van der Waals surface area contributed by atoms with E-state index in [1.807, 2.05) is 13.8 Å². The van der Waals surface area contributed by atoms with Crippen molar-refractivity contribution in [2.24, 2.45) is 5.41 Å². The lowest BCUT2D eigenvalue weighted by Crippen LogP contribution is -2.36. The fourth-order valence-electron chi connectivity index (χ4n) is 2.52. The van der Waals surface area contributed by atoms with E-state index in [1.54, 1.807) is 0 Å². The molecule has 4 nitrogen and oxygen atoms in total. The number of rotatable bonds is 2. The third-order valence-electron chi connectivity index (χ3n) is 3.75. The molecule has 0 atom stereocenters. The van der Waals surface area contributed by atoms with Crippen molar-refractivity contribution in [1.29, 1.82) is 0 Å². The first-order valence-electron chi connectivity index (χ1n) is 6.06. The van der Waals surface area contributed by atoms with Crippen LogP contribution in [0.5, 0.6) is 0 Å². The van der Waals surface area contributed by atoms with E-state index in [2.05, 4.69) is 6.08 Å². The van der Waals surface area contributed by atoms with Gasteiger partial charge < -0.3 is 14.2 Å². The van der Waals surface area contributed by atoms with Gasteiger partial charge in [-0.25, -0.2) is 0 Å². The van der Waals surface area contributed by atoms with Gasteiger partial charge in [0.05, 0.1) is 25.7 Å². The van der Waals surface area contributed by atoms with E-state index in [1.165, 1.54) is 7.11 Å². The van der Waals surface area contributed by atoms with Crippen LogP contribution in [0.1, 0.15) is 33.1 Å². The Hall–Kier alpha value is -0.870. The first-order chi connectivity index (χ1) is 8.00. The molecule has 0 N–H and O–H groups in total. The largest absolute Gasteiger partial charge is 0.468 e. The van der Waals surface area contributed by atoms with Gasteiger partial charge in [0.1, 0.15) is 0 Å². The smallest absolute Gasteiger partial charge is 0.315 e. The Kier molecular flexibility index (Phi) is 3.27. The van der Waals surface area contributed by atoms with Gasteiger partial charge in [-0.15, -0.1) is 0 Å². The number of esters is 1. The van der Waals surface area contributed by atoms with Gasteiger partial charge in [0.25, 0.3) is 0 Å². The van der Waals surface area contributed by atoms with Gasteiger partial charge >= 0.3 is 5.97 Å². The monoisotopic (exact) mass is 240 g/mol. The van der Waals surface area contributed by atoms with Crippen LogP contribution in [0.25, 0.3) is 0 Å². The summed E-state index contributed by atoms with van der Waals surface area (Å²) in [4.78, 5) is 11.7. The van der Waals surface area contributed by atoms with E-state index in [4.69, 9.17) is 14.2 Å². The van der Waals surface area contributed by atoms with Gasteiger partial charge in [-0.05, 0) is 20.3 Å². The van der Waals surface area contributed by atoms with Gasteiger partial charge in [-0.1, -0.05) is 11.6 Å². The summed E-state index contributed by atoms with van der Waals surface area (Å²) in [5, 5.41) is 0. The van der Waals surface area contributed by atoms with Crippen LogP contribution in [0.4, 0.5) is 0 Å². The zero-order valence-electron chi connectivity index (χ0n) is 10.7. The number of hydrogen-bond donors (Lipinski definition) is 0. The maximum Gasteiger partial charge on any atom is 0.315 e. The van der Waals surface area contributed by atoms with Crippen LogP contribution in [-0.4, -0.2) is 32.1 Å². The molecular weight excluding hydrogens is 220 g/mol. The van der Waals surface area contributed by atoms with Crippen molar-refractivity contribution in [3.63, 3.8) is 0 Å². The lowest BCUT2D eigenvalue weighted by atomic mass is 9.77. The molecule has 0 amide bonds. The molecule has 17 heavy (non-hydrogen) atoms. The molecule has 1 aliphatic heterocycles. The Labute approximate surface area is 102 Å². The summed E-state index contributed by atoms with van der Waals surface area (Å²) in [5.41, 5.74) is 0.573. The molecule has 1 aliphatic carbocycles. The van der Waals surface area contributed by atoms with E-state index in [0.717, 1.165) is 24.8 Å². The Morgan fingerprint density at radius 3 is 2.53 bits per heavy atom. The minimum atomic E-state index is -0.547. The lowest BCUT2D eigenvalue weighted by Gasteiger charge is -2.35. The Balaban J connectivity index is 2.10. The standard InChI is InChI=1S/C13H20O4/c1-12(2,11(14)15-3)10-4-6-13(7-5-10)16-8-9-17-13/h4H,5-9H2,1-3H3. The highest BCUT2D eigenvalue weighted by Crippen LogP contribution is 2.41. The maximum atomic E-state index is 11.7. The second kappa shape index (κ2) is 4.42. The van der Waals surface area contributed by atoms with E-state index in [9.17, 15) is 4.79 Å². The van der Waals surface area contributed by atoms with Gasteiger partial charge in [0.15, 0.2) is 5.79 Å². The zero-order valence-corrected chi connectivity index (χ0v) is 10.7. The minimum Gasteiger partial charge on any atom is -0.468 e. The molecule has 0 unspecified atom stereocenters. The van der Waals surface area contributed by atoms with Gasteiger partial charge in [-0.3, -0.25) is 4.79 Å². The highest BCUT2D eigenvalue weighted by Gasteiger charge is 2.42. The maximum absolute atomic E-state index is 11.7. The van der Waals surface area contributed by atoms with Crippen molar-refractivity contribution >= 4 is 5.97 Å². The van der Waals surface area contributed by atoms with Crippen LogP contribution >= 0.6 is 0 Å². The topological polar surface area (TPSA) is 44.8 Å². The summed E-state index contributed by atoms with van der Waals surface area (Å²) in [6.07, 6.45) is 4.44. The van der Waals surface area contributed by atoms with E-state index in [-0.39, 0.29) is 5.97 Å². The molecule has 0 aromatic heterocycles. The molecular formula is C13H20O4. The molecule has 2 rings (SSSR count). The molecule has 1 fully saturated rings. The van der Waals surface area contributed by atoms with Crippen LogP contribution in [0.2, 0.25) is 0 Å². The summed E-state index contributed by atoms with van der Waals surface area (Å²) in [7, 11) is 1.43. The number of hydrogen-bond acceptors (Lipinski definition) is 4. The van der Waals surface area contributed by atoms with Gasteiger partial charge in [0.2, 0.25) is 0 Å². The molecule has 1 saturated heterocycles. The lowest BCUT2D eigenvalue weighted by molar-refractivity contribution is -0.164. The Morgan fingerprint density at radius 2 is 2.06 bits per heavy atom. The molecule has 1 heterocycles. The van der Waals surface area contributed by atoms with E-state index in [0.29, 0.717) is 13.2 Å². The van der Waals surface area contributed by atoms with Crippen LogP contribution in [-0.2, 0) is 19.0 Å². The average molecular weight is 240 g/mol. The highest BCUT2D eigenvalue weighted by molar-refractivity contribution is 5.79. The van der Waals surface area contributed by atoms with Crippen LogP contribution in [0, 0.1) is 5.41 Å². The van der Waals surface area contributed by atoms with Gasteiger partial charge in [0, 0.05) is 12.8 Å². The summed E-state index contributed by atoms with van der Waals surface area (Å²) in [6.45, 7) is 5.14. The third kappa shape index (κ3) is 2.24. The molecule has 0 aromatic rings. The van der Waals surface area contributed by atoms with Crippen molar-refractivity contribution in [2.75, 3.05) is 20.3 Å². The van der Waals surface area contributed by atoms with Crippen LogP contribution in [0.15, 0.2) is 11.6 Å².